The van der Waals surface area contributed by atoms with E-state index in [0.29, 0.717) is 5.02 Å². The molecule has 0 unspecified atom stereocenters. The lowest BCUT2D eigenvalue weighted by Crippen LogP contribution is -2.43. The molecule has 0 spiro atoms. The van der Waals surface area contributed by atoms with Gasteiger partial charge in [-0.15, -0.1) is 0 Å². The highest BCUT2D eigenvalue weighted by atomic mass is 35.5. The van der Waals surface area contributed by atoms with Crippen molar-refractivity contribution in [1.29, 1.82) is 0 Å². The zero-order valence-electron chi connectivity index (χ0n) is 10.6. The molecule has 1 aromatic carbocycles. The fraction of sp³-hybridized carbons (Fsp3) is 0.417. The van der Waals surface area contributed by atoms with Crippen LogP contribution >= 0.6 is 11.6 Å². The fourth-order valence-corrected chi connectivity index (χ4v) is 1.81. The number of hydrogen-bond acceptors (Lipinski definition) is 3. The quantitative estimate of drug-likeness (QED) is 0.809. The Morgan fingerprint density at radius 2 is 1.89 bits per heavy atom. The van der Waals surface area contributed by atoms with Crippen LogP contribution in [0.4, 0.5) is 4.79 Å². The molecule has 0 aliphatic heterocycles. The second-order valence-corrected chi connectivity index (χ2v) is 4.21. The summed E-state index contributed by atoms with van der Waals surface area (Å²) >= 11 is 5.83. The zero-order chi connectivity index (χ0) is 13.5. The first-order valence-electron chi connectivity index (χ1n) is 5.46. The monoisotopic (exact) mass is 272 g/mol. The van der Waals surface area contributed by atoms with E-state index < -0.39 is 6.03 Å². The van der Waals surface area contributed by atoms with Gasteiger partial charge in [0.25, 0.3) is 0 Å². The third kappa shape index (κ3) is 4.18. The van der Waals surface area contributed by atoms with Gasteiger partial charge in [-0.1, -0.05) is 23.7 Å². The van der Waals surface area contributed by atoms with Crippen molar-refractivity contribution in [3.8, 4) is 0 Å². The van der Waals surface area contributed by atoms with Crippen LogP contribution in [0.25, 0.3) is 0 Å². The lowest BCUT2D eigenvalue weighted by molar-refractivity contribution is 0.0676. The summed E-state index contributed by atoms with van der Waals surface area (Å²) < 4.78 is 5.39. The molecule has 1 aromatic rings. The van der Waals surface area contributed by atoms with Crippen LogP contribution in [0.15, 0.2) is 24.3 Å². The molecule has 18 heavy (non-hydrogen) atoms. The molecule has 1 rings (SSSR count). The van der Waals surface area contributed by atoms with Gasteiger partial charge in [0, 0.05) is 12.1 Å². The molecule has 2 atom stereocenters. The first-order chi connectivity index (χ1) is 8.58. The smallest absolute Gasteiger partial charge is 0.339 e. The van der Waals surface area contributed by atoms with E-state index in [9.17, 15) is 4.79 Å². The summed E-state index contributed by atoms with van der Waals surface area (Å²) in [5.41, 5.74) is 3.13. The van der Waals surface area contributed by atoms with Crippen LogP contribution in [0.5, 0.6) is 0 Å². The van der Waals surface area contributed by atoms with Crippen LogP contribution in [0.3, 0.4) is 0 Å². The lowest BCUT2D eigenvalue weighted by Gasteiger charge is -2.24. The highest BCUT2D eigenvalue weighted by Crippen LogP contribution is 2.22. The Bertz CT molecular complexity index is 383. The molecule has 0 aliphatic carbocycles. The molecule has 0 fully saturated rings. The Morgan fingerprint density at radius 1 is 1.28 bits per heavy atom. The first-order valence-corrected chi connectivity index (χ1v) is 5.84. The van der Waals surface area contributed by atoms with E-state index in [1.54, 1.807) is 19.2 Å². The molecule has 0 saturated carbocycles. The van der Waals surface area contributed by atoms with Gasteiger partial charge in [-0.3, -0.25) is 4.84 Å². The number of carbonyl (C=O) groups is 1. The number of methoxy groups -OCH3 is 1. The van der Waals surface area contributed by atoms with Gasteiger partial charge in [-0.05, 0) is 24.6 Å². The molecule has 0 radical (unpaired) electrons. The van der Waals surface area contributed by atoms with E-state index in [4.69, 9.17) is 16.3 Å². The van der Waals surface area contributed by atoms with Crippen LogP contribution in [-0.4, -0.2) is 26.3 Å². The van der Waals surface area contributed by atoms with Gasteiger partial charge in [0.1, 0.15) is 6.10 Å². The second-order valence-electron chi connectivity index (χ2n) is 3.78. The van der Waals surface area contributed by atoms with Crippen molar-refractivity contribution >= 4 is 17.6 Å². The van der Waals surface area contributed by atoms with Crippen LogP contribution in [-0.2, 0) is 9.57 Å². The number of hydrogen-bond donors (Lipinski definition) is 2. The third-order valence-electron chi connectivity index (χ3n) is 2.46. The summed E-state index contributed by atoms with van der Waals surface area (Å²) in [6.07, 6.45) is -0.259. The van der Waals surface area contributed by atoms with Crippen molar-refractivity contribution in [2.75, 3.05) is 14.2 Å². The summed E-state index contributed by atoms with van der Waals surface area (Å²) in [4.78, 5) is 15.9. The molecular weight excluding hydrogens is 256 g/mol. The molecule has 6 heteroatoms. The molecule has 0 aliphatic rings. The molecule has 0 aromatic heterocycles. The van der Waals surface area contributed by atoms with E-state index in [-0.39, 0.29) is 12.1 Å². The van der Waals surface area contributed by atoms with Gasteiger partial charge in [-0.25, -0.2) is 10.3 Å². The first kappa shape index (κ1) is 14.8. The van der Waals surface area contributed by atoms with Crippen LogP contribution in [0.1, 0.15) is 18.6 Å². The molecule has 100 valence electrons. The lowest BCUT2D eigenvalue weighted by atomic mass is 10.0. The van der Waals surface area contributed by atoms with Gasteiger partial charge >= 0.3 is 6.03 Å². The number of ether oxygens (including phenoxy) is 1. The minimum absolute atomic E-state index is 0.216. The maximum absolute atomic E-state index is 11.3. The van der Waals surface area contributed by atoms with Gasteiger partial charge < -0.3 is 10.1 Å². The van der Waals surface area contributed by atoms with E-state index >= 15 is 0 Å². The number of benzene rings is 1. The fourth-order valence-electron chi connectivity index (χ4n) is 1.69. The summed E-state index contributed by atoms with van der Waals surface area (Å²) in [6, 6.07) is 6.66. The highest BCUT2D eigenvalue weighted by Gasteiger charge is 2.20. The second kappa shape index (κ2) is 7.20. The van der Waals surface area contributed by atoms with Crippen LogP contribution < -0.4 is 10.8 Å². The number of halogens is 1. The minimum Gasteiger partial charge on any atom is -0.375 e. The van der Waals surface area contributed by atoms with Crippen molar-refractivity contribution in [1.82, 2.24) is 10.8 Å². The molecule has 0 bridgehead atoms. The average molecular weight is 273 g/mol. The van der Waals surface area contributed by atoms with Crippen molar-refractivity contribution in [3.63, 3.8) is 0 Å². The van der Waals surface area contributed by atoms with Gasteiger partial charge in [0.15, 0.2) is 0 Å². The Hall–Kier alpha value is -1.30. The van der Waals surface area contributed by atoms with Crippen molar-refractivity contribution in [2.45, 2.75) is 19.1 Å². The Kier molecular flexibility index (Phi) is 5.91. The minimum atomic E-state index is -0.416. The number of hydroxylamine groups is 1. The van der Waals surface area contributed by atoms with E-state index in [1.165, 1.54) is 7.11 Å². The van der Waals surface area contributed by atoms with Gasteiger partial charge in [0.2, 0.25) is 0 Å². The molecule has 0 saturated heterocycles. The maximum atomic E-state index is 11.3. The predicted molar refractivity (Wildman–Crippen MR) is 69.3 cm³/mol. The summed E-state index contributed by atoms with van der Waals surface area (Å²) in [7, 11) is 2.96. The number of nitrogens with one attached hydrogen (secondary N) is 2. The predicted octanol–water partition coefficient (Wildman–Crippen LogP) is 2.28. The van der Waals surface area contributed by atoms with Crippen LogP contribution in [0, 0.1) is 0 Å². The molecule has 2 N–H and O–H groups in total. The normalized spacial score (nSPS) is 13.8. The number of urea groups is 1. The van der Waals surface area contributed by atoms with Crippen molar-refractivity contribution in [2.24, 2.45) is 0 Å². The standard InChI is InChI=1S/C12H17ClN2O3/c1-8(14-12(16)15-18-3)11(17-2)9-4-6-10(13)7-5-9/h4-8,11H,1-3H3,(H2,14,15,16)/t8-,11+/m0/s1. The summed E-state index contributed by atoms with van der Waals surface area (Å²) in [5.74, 6) is 0. The Balaban J connectivity index is 2.70. The van der Waals surface area contributed by atoms with Crippen molar-refractivity contribution < 1.29 is 14.4 Å². The Labute approximate surface area is 111 Å². The molecular formula is C12H17ClN2O3. The van der Waals surface area contributed by atoms with E-state index in [0.717, 1.165) is 5.56 Å². The average Bonchev–Trinajstić information content (AvgIpc) is 2.32. The SMILES string of the molecule is CONC(=O)N[C@@H](C)[C@@H](OC)c1ccc(Cl)cc1. The maximum Gasteiger partial charge on any atom is 0.339 e. The van der Waals surface area contributed by atoms with Gasteiger partial charge in [-0.2, -0.15) is 0 Å². The summed E-state index contributed by atoms with van der Waals surface area (Å²) in [5, 5.41) is 3.37. The topological polar surface area (TPSA) is 59.6 Å². The number of rotatable bonds is 5. The number of amides is 2. The molecule has 5 nitrogen and oxygen atoms in total. The third-order valence-corrected chi connectivity index (χ3v) is 2.71. The van der Waals surface area contributed by atoms with Crippen LogP contribution in [0.2, 0.25) is 5.02 Å². The zero-order valence-corrected chi connectivity index (χ0v) is 11.3. The van der Waals surface area contributed by atoms with E-state index in [1.807, 2.05) is 19.1 Å². The highest BCUT2D eigenvalue weighted by molar-refractivity contribution is 6.30. The summed E-state index contributed by atoms with van der Waals surface area (Å²) in [6.45, 7) is 1.85. The largest absolute Gasteiger partial charge is 0.375 e. The molecule has 0 heterocycles. The molecule has 2 amide bonds. The van der Waals surface area contributed by atoms with Crippen molar-refractivity contribution in [3.05, 3.63) is 34.9 Å². The van der Waals surface area contributed by atoms with Gasteiger partial charge in [0.05, 0.1) is 13.2 Å². The number of carbonyl (C=O) groups excluding carboxylic acids is 1. The Morgan fingerprint density at radius 3 is 2.39 bits per heavy atom. The van der Waals surface area contributed by atoms with E-state index in [2.05, 4.69) is 15.6 Å².